The number of hydrogen-bond acceptors (Lipinski definition) is 1. The highest BCUT2D eigenvalue weighted by atomic mass is 31.1. The Balaban J connectivity index is 2.32. The molecule has 0 bridgehead atoms. The molecule has 1 heterocycles. The number of methoxy groups -OCH3 is 1. The number of para-hydroxylation sites is 1. The van der Waals surface area contributed by atoms with Gasteiger partial charge < -0.3 is 4.74 Å². The zero-order valence-corrected chi connectivity index (χ0v) is 13.1. The van der Waals surface area contributed by atoms with Crippen molar-refractivity contribution in [1.82, 2.24) is 0 Å². The van der Waals surface area contributed by atoms with E-state index in [4.69, 9.17) is 4.74 Å². The topological polar surface area (TPSA) is 9.23 Å². The van der Waals surface area contributed by atoms with Crippen molar-refractivity contribution in [3.8, 4) is 5.75 Å². The number of benzene rings is 1. The lowest BCUT2D eigenvalue weighted by Gasteiger charge is -2.50. The van der Waals surface area contributed by atoms with Crippen LogP contribution in [0.4, 0.5) is 0 Å². The van der Waals surface area contributed by atoms with E-state index in [-0.39, 0.29) is 7.92 Å². The van der Waals surface area contributed by atoms with Crippen LogP contribution >= 0.6 is 7.92 Å². The van der Waals surface area contributed by atoms with Crippen LogP contribution in [0.5, 0.6) is 5.75 Å². The molecule has 1 nitrogen and oxygen atoms in total. The Morgan fingerprint density at radius 1 is 1.06 bits per heavy atom. The number of ether oxygens (including phenoxy) is 1. The Labute approximate surface area is 113 Å². The Kier molecular flexibility index (Phi) is 4.33. The van der Waals surface area contributed by atoms with Gasteiger partial charge in [0.15, 0.2) is 0 Å². The van der Waals surface area contributed by atoms with E-state index in [9.17, 15) is 0 Å². The molecule has 0 aromatic heterocycles. The molecule has 0 N–H and O–H groups in total. The Morgan fingerprint density at radius 2 is 1.61 bits per heavy atom. The monoisotopic (exact) mass is 264 g/mol. The van der Waals surface area contributed by atoms with E-state index < -0.39 is 0 Å². The fourth-order valence-electron chi connectivity index (χ4n) is 2.97. The molecule has 1 saturated heterocycles. The smallest absolute Gasteiger partial charge is 0.126 e. The third kappa shape index (κ3) is 2.43. The van der Waals surface area contributed by atoms with Crippen molar-refractivity contribution in [2.75, 3.05) is 7.11 Å². The van der Waals surface area contributed by atoms with Crippen molar-refractivity contribution in [2.24, 2.45) is 11.8 Å². The molecular weight excluding hydrogens is 239 g/mol. The lowest BCUT2D eigenvalue weighted by molar-refractivity contribution is 0.415. The summed E-state index contributed by atoms with van der Waals surface area (Å²) in [7, 11) is 1.74. The predicted octanol–water partition coefficient (Wildman–Crippen LogP) is 4.26. The highest BCUT2D eigenvalue weighted by molar-refractivity contribution is 7.68. The summed E-state index contributed by atoms with van der Waals surface area (Å²) in [5.74, 6) is 2.67. The maximum absolute atomic E-state index is 5.57. The SMILES string of the molecule is COc1ccccc1P1[C@@H](C(C)C)C[C@@H]1C(C)C. The van der Waals surface area contributed by atoms with Gasteiger partial charge in [0, 0.05) is 5.30 Å². The summed E-state index contributed by atoms with van der Waals surface area (Å²) in [4.78, 5) is 0. The molecule has 1 fully saturated rings. The molecule has 1 aliphatic heterocycles. The van der Waals surface area contributed by atoms with Crippen LogP contribution in [0.25, 0.3) is 0 Å². The highest BCUT2D eigenvalue weighted by Gasteiger charge is 2.45. The van der Waals surface area contributed by atoms with Crippen LogP contribution in [0.1, 0.15) is 34.1 Å². The van der Waals surface area contributed by atoms with E-state index >= 15 is 0 Å². The minimum atomic E-state index is -0.0503. The van der Waals surface area contributed by atoms with Crippen LogP contribution in [0.3, 0.4) is 0 Å². The first-order chi connectivity index (χ1) is 8.56. The van der Waals surface area contributed by atoms with Crippen molar-refractivity contribution in [2.45, 2.75) is 45.4 Å². The molecule has 0 unspecified atom stereocenters. The number of hydrogen-bond donors (Lipinski definition) is 0. The average Bonchev–Trinajstić information content (AvgIpc) is 2.27. The average molecular weight is 264 g/mol. The van der Waals surface area contributed by atoms with E-state index in [0.717, 1.165) is 28.9 Å². The lowest BCUT2D eigenvalue weighted by atomic mass is 9.98. The van der Waals surface area contributed by atoms with Gasteiger partial charge in [0.05, 0.1) is 7.11 Å². The van der Waals surface area contributed by atoms with Crippen LogP contribution in [0.2, 0.25) is 0 Å². The molecule has 2 heteroatoms. The predicted molar refractivity (Wildman–Crippen MR) is 81.4 cm³/mol. The summed E-state index contributed by atoms with van der Waals surface area (Å²) in [6, 6.07) is 8.64. The maximum atomic E-state index is 5.57. The summed E-state index contributed by atoms with van der Waals surface area (Å²) in [5, 5.41) is 1.48. The molecule has 1 aromatic rings. The summed E-state index contributed by atoms with van der Waals surface area (Å²) >= 11 is 0. The van der Waals surface area contributed by atoms with E-state index in [1.807, 2.05) is 0 Å². The fraction of sp³-hybridized carbons (Fsp3) is 0.625. The van der Waals surface area contributed by atoms with Gasteiger partial charge >= 0.3 is 0 Å². The zero-order valence-electron chi connectivity index (χ0n) is 12.2. The van der Waals surface area contributed by atoms with Crippen molar-refractivity contribution in [1.29, 1.82) is 0 Å². The second kappa shape index (κ2) is 5.61. The van der Waals surface area contributed by atoms with Gasteiger partial charge in [-0.1, -0.05) is 53.8 Å². The molecule has 1 aliphatic rings. The normalized spacial score (nSPS) is 24.4. The van der Waals surface area contributed by atoms with Gasteiger partial charge in [-0.15, -0.1) is 0 Å². The standard InChI is InChI=1S/C16H25OP/c1-11(2)15-10-16(12(3)4)18(15)14-9-7-6-8-13(14)17-5/h6-9,11-12,15-16H,10H2,1-5H3/t15-,16-/m1/s1. The molecule has 0 saturated carbocycles. The first-order valence-electron chi connectivity index (χ1n) is 6.97. The first kappa shape index (κ1) is 13.9. The molecular formula is C16H25OP. The summed E-state index contributed by atoms with van der Waals surface area (Å²) in [6.45, 7) is 9.47. The first-order valence-corrected chi connectivity index (χ1v) is 8.45. The number of rotatable bonds is 4. The van der Waals surface area contributed by atoms with E-state index in [2.05, 4.69) is 52.0 Å². The second-order valence-electron chi connectivity index (χ2n) is 5.94. The molecule has 0 aliphatic carbocycles. The van der Waals surface area contributed by atoms with Gasteiger partial charge in [-0.05, 0) is 35.6 Å². The van der Waals surface area contributed by atoms with Gasteiger partial charge in [0.2, 0.25) is 0 Å². The van der Waals surface area contributed by atoms with E-state index in [1.54, 1.807) is 7.11 Å². The molecule has 18 heavy (non-hydrogen) atoms. The zero-order chi connectivity index (χ0) is 13.3. The second-order valence-corrected chi connectivity index (χ2v) is 8.56. The van der Waals surface area contributed by atoms with E-state index in [0.29, 0.717) is 0 Å². The lowest BCUT2D eigenvalue weighted by Crippen LogP contribution is -2.41. The fourth-order valence-corrected chi connectivity index (χ4v) is 6.66. The van der Waals surface area contributed by atoms with Crippen molar-refractivity contribution >= 4 is 13.2 Å². The van der Waals surface area contributed by atoms with Gasteiger partial charge in [0.1, 0.15) is 5.75 Å². The summed E-state index contributed by atoms with van der Waals surface area (Å²) in [5.41, 5.74) is 1.76. The molecule has 1 aromatic carbocycles. The molecule has 0 amide bonds. The van der Waals surface area contributed by atoms with Crippen molar-refractivity contribution in [3.63, 3.8) is 0 Å². The minimum absolute atomic E-state index is 0.0503. The minimum Gasteiger partial charge on any atom is -0.496 e. The highest BCUT2D eigenvalue weighted by Crippen LogP contribution is 2.64. The van der Waals surface area contributed by atoms with Gasteiger partial charge in [-0.25, -0.2) is 0 Å². The van der Waals surface area contributed by atoms with Crippen LogP contribution in [-0.2, 0) is 0 Å². The van der Waals surface area contributed by atoms with Gasteiger partial charge in [0.25, 0.3) is 0 Å². The Morgan fingerprint density at radius 3 is 2.11 bits per heavy atom. The van der Waals surface area contributed by atoms with Crippen LogP contribution < -0.4 is 10.0 Å². The molecule has 0 spiro atoms. The van der Waals surface area contributed by atoms with Gasteiger partial charge in [-0.3, -0.25) is 0 Å². The third-order valence-corrected chi connectivity index (χ3v) is 8.07. The summed E-state index contributed by atoms with van der Waals surface area (Å²) < 4.78 is 5.57. The van der Waals surface area contributed by atoms with Crippen LogP contribution in [-0.4, -0.2) is 18.4 Å². The van der Waals surface area contributed by atoms with Gasteiger partial charge in [-0.2, -0.15) is 0 Å². The summed E-state index contributed by atoms with van der Waals surface area (Å²) in [6.07, 6.45) is 1.40. The Bertz CT molecular complexity index is 386. The largest absolute Gasteiger partial charge is 0.496 e. The molecule has 2 atom stereocenters. The quantitative estimate of drug-likeness (QED) is 0.738. The Hall–Kier alpha value is -0.550. The third-order valence-electron chi connectivity index (χ3n) is 4.10. The van der Waals surface area contributed by atoms with Crippen LogP contribution in [0.15, 0.2) is 24.3 Å². The molecule has 0 radical (unpaired) electrons. The van der Waals surface area contributed by atoms with Crippen LogP contribution in [0, 0.1) is 11.8 Å². The van der Waals surface area contributed by atoms with E-state index in [1.165, 1.54) is 11.7 Å². The molecule has 100 valence electrons. The van der Waals surface area contributed by atoms with Crippen molar-refractivity contribution in [3.05, 3.63) is 24.3 Å². The van der Waals surface area contributed by atoms with Crippen molar-refractivity contribution < 1.29 is 4.74 Å². The maximum Gasteiger partial charge on any atom is 0.126 e. The molecule has 2 rings (SSSR count).